The van der Waals surface area contributed by atoms with Crippen molar-refractivity contribution in [2.45, 2.75) is 34.5 Å². The minimum absolute atomic E-state index is 0.00629. The van der Waals surface area contributed by atoms with Gasteiger partial charge in [-0.15, -0.1) is 0 Å². The molecule has 3 aliphatic rings. The topological polar surface area (TPSA) is 4.93 Å². The summed E-state index contributed by atoms with van der Waals surface area (Å²) in [7, 11) is 0. The average Bonchev–Trinajstić information content (AvgIpc) is 3.59. The van der Waals surface area contributed by atoms with Gasteiger partial charge >= 0.3 is 0 Å². The Morgan fingerprint density at radius 3 is 2.02 bits per heavy atom. The number of fused-ring (bicyclic) bond motifs is 14. The van der Waals surface area contributed by atoms with Crippen molar-refractivity contribution in [2.24, 2.45) is 0 Å². The van der Waals surface area contributed by atoms with Gasteiger partial charge in [-0.1, -0.05) is 141 Å². The first-order valence-electron chi connectivity index (χ1n) is 16.9. The Morgan fingerprint density at radius 1 is 0.458 bits per heavy atom. The fourth-order valence-corrected chi connectivity index (χ4v) is 10.6. The van der Waals surface area contributed by atoms with Crippen molar-refractivity contribution in [2.75, 3.05) is 0 Å². The third-order valence-corrected chi connectivity index (χ3v) is 12.6. The molecule has 2 heteroatoms. The van der Waals surface area contributed by atoms with Crippen LogP contribution in [0.15, 0.2) is 161 Å². The van der Waals surface area contributed by atoms with Crippen molar-refractivity contribution in [3.8, 4) is 27.9 Å². The predicted octanol–water partition coefficient (Wildman–Crippen LogP) is 11.9. The van der Waals surface area contributed by atoms with Gasteiger partial charge in [-0.2, -0.15) is 0 Å². The molecule has 1 unspecified atom stereocenters. The number of aromatic nitrogens is 1. The summed E-state index contributed by atoms with van der Waals surface area (Å²) in [6.45, 7) is 4.71. The average molecular weight is 630 g/mol. The van der Waals surface area contributed by atoms with Gasteiger partial charge in [0, 0.05) is 26.0 Å². The van der Waals surface area contributed by atoms with Crippen LogP contribution in [0.1, 0.15) is 47.2 Å². The van der Waals surface area contributed by atoms with E-state index < -0.39 is 5.41 Å². The van der Waals surface area contributed by atoms with Crippen LogP contribution in [0.2, 0.25) is 0 Å². The quantitative estimate of drug-likeness (QED) is 0.175. The van der Waals surface area contributed by atoms with E-state index in [-0.39, 0.29) is 5.41 Å². The number of benzene rings is 7. The lowest BCUT2D eigenvalue weighted by Gasteiger charge is -2.45. The normalized spacial score (nSPS) is 17.5. The van der Waals surface area contributed by atoms with Gasteiger partial charge in [0.05, 0.1) is 22.1 Å². The van der Waals surface area contributed by atoms with E-state index in [2.05, 4.69) is 170 Å². The second-order valence-corrected chi connectivity index (χ2v) is 15.1. The maximum Gasteiger partial charge on any atom is 0.0764 e. The lowest BCUT2D eigenvalue weighted by atomic mass is 9.62. The highest BCUT2D eigenvalue weighted by Gasteiger charge is 2.49. The highest BCUT2D eigenvalue weighted by molar-refractivity contribution is 7.99. The van der Waals surface area contributed by atoms with Gasteiger partial charge in [-0.3, -0.25) is 0 Å². The Bertz CT molecular complexity index is 2690. The van der Waals surface area contributed by atoms with E-state index in [0.29, 0.717) is 0 Å². The minimum atomic E-state index is -0.473. The van der Waals surface area contributed by atoms with Gasteiger partial charge < -0.3 is 4.57 Å². The molecule has 0 fully saturated rings. The Labute approximate surface area is 284 Å². The van der Waals surface area contributed by atoms with Crippen LogP contribution in [-0.4, -0.2) is 4.57 Å². The minimum Gasteiger partial charge on any atom is -0.309 e. The molecule has 1 atom stereocenters. The van der Waals surface area contributed by atoms with Crippen LogP contribution in [-0.2, 0) is 10.8 Å². The van der Waals surface area contributed by atoms with Crippen molar-refractivity contribution < 1.29 is 0 Å². The summed E-state index contributed by atoms with van der Waals surface area (Å²) in [6.07, 6.45) is 0. The fraction of sp³-hybridized carbons (Fsp3) is 0.0870. The molecule has 1 aliphatic carbocycles. The predicted molar refractivity (Wildman–Crippen MR) is 200 cm³/mol. The zero-order valence-corrected chi connectivity index (χ0v) is 27.6. The number of nitrogens with zero attached hydrogens (tertiary/aromatic N) is 1. The maximum absolute atomic E-state index is 2.52. The first-order valence-corrected chi connectivity index (χ1v) is 17.7. The highest BCUT2D eigenvalue weighted by atomic mass is 32.2. The first-order chi connectivity index (χ1) is 23.6. The van der Waals surface area contributed by atoms with Crippen molar-refractivity contribution >= 4 is 33.6 Å². The lowest BCUT2D eigenvalue weighted by Crippen LogP contribution is -2.37. The second kappa shape index (κ2) is 9.18. The second-order valence-electron chi connectivity index (χ2n) is 14.1. The van der Waals surface area contributed by atoms with Crippen molar-refractivity contribution in [1.29, 1.82) is 0 Å². The van der Waals surface area contributed by atoms with Crippen LogP contribution in [0.5, 0.6) is 0 Å². The first kappa shape index (κ1) is 26.7. The van der Waals surface area contributed by atoms with Crippen molar-refractivity contribution in [3.63, 3.8) is 0 Å². The lowest BCUT2D eigenvalue weighted by molar-refractivity contribution is 0.660. The molecule has 0 bridgehead atoms. The monoisotopic (exact) mass is 629 g/mol. The molecular formula is C46H31NS. The highest BCUT2D eigenvalue weighted by Crippen LogP contribution is 2.61. The number of hydrogen-bond acceptors (Lipinski definition) is 1. The summed E-state index contributed by atoms with van der Waals surface area (Å²) >= 11 is 1.91. The molecule has 1 aromatic heterocycles. The zero-order chi connectivity index (χ0) is 31.8. The van der Waals surface area contributed by atoms with Crippen LogP contribution in [0.25, 0.3) is 49.7 Å². The number of rotatable bonds is 1. The van der Waals surface area contributed by atoms with Crippen LogP contribution >= 0.6 is 11.8 Å². The van der Waals surface area contributed by atoms with E-state index in [4.69, 9.17) is 0 Å². The van der Waals surface area contributed by atoms with E-state index in [9.17, 15) is 0 Å². The van der Waals surface area contributed by atoms with Crippen molar-refractivity contribution in [1.82, 2.24) is 4.57 Å². The molecule has 0 amide bonds. The molecule has 11 rings (SSSR count). The molecule has 2 aliphatic heterocycles. The molecule has 7 aromatic carbocycles. The van der Waals surface area contributed by atoms with E-state index >= 15 is 0 Å². The molecule has 0 saturated carbocycles. The molecule has 0 saturated heterocycles. The molecule has 226 valence electrons. The summed E-state index contributed by atoms with van der Waals surface area (Å²) in [5, 5.41) is 2.61. The zero-order valence-electron chi connectivity index (χ0n) is 26.8. The third kappa shape index (κ3) is 3.15. The summed E-state index contributed by atoms with van der Waals surface area (Å²) in [5.74, 6) is 0. The van der Waals surface area contributed by atoms with E-state index in [1.165, 1.54) is 92.9 Å². The largest absolute Gasteiger partial charge is 0.309 e. The van der Waals surface area contributed by atoms with Gasteiger partial charge in [-0.05, 0) is 92.0 Å². The molecule has 8 aromatic rings. The standard InChI is InChI=1S/C46H31NS/c1-45(2)34-15-5-3-12-30(34)33-26-28(22-24-35(33)45)29-23-25-43-39(27-29)46(37-17-7-10-21-42(37)48-43)36-16-6-9-20-41(36)47-40-19-8-4-13-31(40)32-14-11-18-38(46)44(32)47/h3-27H,1-2H3. The summed E-state index contributed by atoms with van der Waals surface area (Å²) < 4.78 is 2.52. The molecule has 1 spiro atoms. The summed E-state index contributed by atoms with van der Waals surface area (Å²) in [5.41, 5.74) is 16.8. The summed E-state index contributed by atoms with van der Waals surface area (Å²) in [6, 6.07) is 57.4. The summed E-state index contributed by atoms with van der Waals surface area (Å²) in [4.78, 5) is 2.65. The fourth-order valence-electron chi connectivity index (χ4n) is 9.40. The molecule has 0 N–H and O–H groups in total. The van der Waals surface area contributed by atoms with Gasteiger partial charge in [-0.25, -0.2) is 0 Å². The SMILES string of the molecule is CC1(C)c2ccccc2-c2cc(-c3ccc4c(c3)C3(c5ccccc5S4)c4ccccc4-n4c5ccccc5c5cccc3c54)ccc21. The van der Waals surface area contributed by atoms with Crippen LogP contribution in [0.4, 0.5) is 0 Å². The Balaban J connectivity index is 1.24. The molecular weight excluding hydrogens is 599 g/mol. The number of para-hydroxylation sites is 3. The molecule has 0 radical (unpaired) electrons. The van der Waals surface area contributed by atoms with Gasteiger partial charge in [0.15, 0.2) is 0 Å². The van der Waals surface area contributed by atoms with Gasteiger partial charge in [0.2, 0.25) is 0 Å². The van der Waals surface area contributed by atoms with E-state index in [1.54, 1.807) is 0 Å². The van der Waals surface area contributed by atoms with Crippen LogP contribution < -0.4 is 0 Å². The smallest absolute Gasteiger partial charge is 0.0764 e. The Hall–Kier alpha value is -5.31. The Morgan fingerprint density at radius 2 is 1.10 bits per heavy atom. The van der Waals surface area contributed by atoms with Gasteiger partial charge in [0.25, 0.3) is 0 Å². The molecule has 48 heavy (non-hydrogen) atoms. The van der Waals surface area contributed by atoms with Crippen molar-refractivity contribution in [3.05, 3.63) is 185 Å². The number of hydrogen-bond donors (Lipinski definition) is 0. The Kier molecular flexibility index (Phi) is 5.11. The third-order valence-electron chi connectivity index (χ3n) is 11.5. The van der Waals surface area contributed by atoms with Gasteiger partial charge in [0.1, 0.15) is 0 Å². The maximum atomic E-state index is 2.52. The van der Waals surface area contributed by atoms with Crippen LogP contribution in [0, 0.1) is 0 Å². The van der Waals surface area contributed by atoms with Crippen LogP contribution in [0.3, 0.4) is 0 Å². The van der Waals surface area contributed by atoms with E-state index in [0.717, 1.165) is 0 Å². The van der Waals surface area contributed by atoms with E-state index in [1.807, 2.05) is 11.8 Å². The molecule has 3 heterocycles. The molecule has 1 nitrogen and oxygen atoms in total.